The summed E-state index contributed by atoms with van der Waals surface area (Å²) in [4.78, 5) is 18.1. The lowest BCUT2D eigenvalue weighted by atomic mass is 9.86. The minimum atomic E-state index is -0.284. The Kier molecular flexibility index (Phi) is 14.4. The van der Waals surface area contributed by atoms with Crippen LogP contribution in [0.25, 0.3) is 5.69 Å². The van der Waals surface area contributed by atoms with E-state index in [0.29, 0.717) is 6.42 Å². The minimum Gasteiger partial charge on any atom is -0.349 e. The first-order valence-corrected chi connectivity index (χ1v) is 14.5. The Morgan fingerprint density at radius 3 is 2.23 bits per heavy atom. The Hall–Kier alpha value is -3.66. The second-order valence-electron chi connectivity index (χ2n) is 9.53. The van der Waals surface area contributed by atoms with Gasteiger partial charge in [-0.2, -0.15) is 0 Å². The maximum Gasteiger partial charge on any atom is 0.228 e. The third kappa shape index (κ3) is 10.2. The fraction of sp³-hybridized carbons (Fsp3) is 0.371. The summed E-state index contributed by atoms with van der Waals surface area (Å²) in [5.41, 5.74) is 5.77. The molecule has 2 aromatic carbocycles. The highest BCUT2D eigenvalue weighted by Gasteiger charge is 2.26. The van der Waals surface area contributed by atoms with Crippen LogP contribution in [0.2, 0.25) is 0 Å². The molecule has 3 aromatic rings. The van der Waals surface area contributed by atoms with Gasteiger partial charge in [-0.3, -0.25) is 9.79 Å². The van der Waals surface area contributed by atoms with Gasteiger partial charge in [-0.25, -0.2) is 0 Å². The Labute approximate surface area is 238 Å². The Morgan fingerprint density at radius 2 is 1.62 bits per heavy atom. The number of hydrogen-bond acceptors (Lipinski definition) is 2. The predicted octanol–water partition coefficient (Wildman–Crippen LogP) is 9.29. The van der Waals surface area contributed by atoms with Crippen molar-refractivity contribution in [3.8, 4) is 5.69 Å². The molecule has 4 rings (SSSR count). The zero-order chi connectivity index (χ0) is 28.5. The van der Waals surface area contributed by atoms with Gasteiger partial charge in [0.15, 0.2) is 0 Å². The van der Waals surface area contributed by atoms with Gasteiger partial charge in [0.05, 0.1) is 12.0 Å². The van der Waals surface area contributed by atoms with E-state index in [2.05, 4.69) is 78.1 Å². The minimum absolute atomic E-state index is 0. The SMILES string of the molecule is CC.CC/C1=C/CC=N/C=C(/[C@@H](Cc2ccc(-n3cccc3)cc2)C(=O)N[C@@H](C)c2ccccc2)C1.CCC.[HH]. The molecule has 0 bridgehead atoms. The van der Waals surface area contributed by atoms with E-state index in [-0.39, 0.29) is 19.3 Å². The molecular weight excluding hydrogens is 478 g/mol. The molecule has 0 spiro atoms. The maximum atomic E-state index is 13.7. The van der Waals surface area contributed by atoms with Gasteiger partial charge in [-0.15, -0.1) is 0 Å². The zero-order valence-electron chi connectivity index (χ0n) is 24.7. The number of hydrogen-bond donors (Lipinski definition) is 1. The summed E-state index contributed by atoms with van der Waals surface area (Å²) < 4.78 is 2.08. The van der Waals surface area contributed by atoms with Crippen molar-refractivity contribution in [1.29, 1.82) is 0 Å². The van der Waals surface area contributed by atoms with E-state index < -0.39 is 0 Å². The van der Waals surface area contributed by atoms with Crippen LogP contribution in [-0.4, -0.2) is 16.7 Å². The topological polar surface area (TPSA) is 46.4 Å². The van der Waals surface area contributed by atoms with Gasteiger partial charge < -0.3 is 9.88 Å². The van der Waals surface area contributed by atoms with Crippen molar-refractivity contribution in [2.24, 2.45) is 10.9 Å². The summed E-state index contributed by atoms with van der Waals surface area (Å²) >= 11 is 0. The number of carbonyl (C=O) groups excluding carboxylic acids is 1. The van der Waals surface area contributed by atoms with Gasteiger partial charge in [0.1, 0.15) is 0 Å². The largest absolute Gasteiger partial charge is 0.349 e. The summed E-state index contributed by atoms with van der Waals surface area (Å²) in [6.07, 6.45) is 14.6. The molecule has 1 aromatic heterocycles. The number of nitrogens with one attached hydrogen (secondary N) is 1. The highest BCUT2D eigenvalue weighted by atomic mass is 16.1. The summed E-state index contributed by atoms with van der Waals surface area (Å²) in [7, 11) is 0. The first kappa shape index (κ1) is 31.6. The van der Waals surface area contributed by atoms with Gasteiger partial charge in [0.25, 0.3) is 0 Å². The first-order valence-electron chi connectivity index (χ1n) is 14.5. The third-order valence-electron chi connectivity index (χ3n) is 6.44. The van der Waals surface area contributed by atoms with E-state index in [4.69, 9.17) is 0 Å². The van der Waals surface area contributed by atoms with Crippen molar-refractivity contribution in [3.05, 3.63) is 114 Å². The zero-order valence-corrected chi connectivity index (χ0v) is 24.7. The van der Waals surface area contributed by atoms with Gasteiger partial charge in [-0.05, 0) is 67.2 Å². The van der Waals surface area contributed by atoms with Crippen LogP contribution in [-0.2, 0) is 11.2 Å². The van der Waals surface area contributed by atoms with Crippen LogP contribution in [0.5, 0.6) is 0 Å². The molecular formula is C35H49N3O. The first-order chi connectivity index (χ1) is 19.0. The quantitative estimate of drug-likeness (QED) is 0.291. The van der Waals surface area contributed by atoms with Crippen LogP contribution in [0.3, 0.4) is 0 Å². The predicted molar refractivity (Wildman–Crippen MR) is 170 cm³/mol. The number of aromatic nitrogens is 1. The lowest BCUT2D eigenvalue weighted by molar-refractivity contribution is -0.124. The number of allylic oxidation sites excluding steroid dienone is 2. The van der Waals surface area contributed by atoms with Crippen LogP contribution >= 0.6 is 0 Å². The van der Waals surface area contributed by atoms with Crippen molar-refractivity contribution < 1.29 is 6.22 Å². The maximum absolute atomic E-state index is 13.7. The molecule has 1 amide bonds. The molecule has 4 nitrogen and oxygen atoms in total. The molecule has 2 heterocycles. The second-order valence-corrected chi connectivity index (χ2v) is 9.53. The number of carbonyl (C=O) groups is 1. The van der Waals surface area contributed by atoms with Crippen molar-refractivity contribution in [1.82, 2.24) is 9.88 Å². The highest BCUT2D eigenvalue weighted by Crippen LogP contribution is 2.28. The second kappa shape index (κ2) is 17.8. The number of amides is 1. The van der Waals surface area contributed by atoms with Gasteiger partial charge in [0.2, 0.25) is 5.91 Å². The van der Waals surface area contributed by atoms with Crippen molar-refractivity contribution in [2.45, 2.75) is 79.7 Å². The standard InChI is InChI=1S/C30H33N3O.C3H8.C2H6.H2/c1-3-24-10-9-17-31-22-27(20-24)29(30(34)32-23(2)26-11-5-4-6-12-26)21-25-13-15-28(16-14-25)33-18-7-8-19-33;1-3-2;1-2;/h4-8,10-19,22-23,29H,3,9,20-21H2,1-2H3,(H,32,34);3H2,1-2H3;1-2H3;1H/b24-10-,27-22+,31-17?;;;/t23-,29+;;;/m0.../s1. The molecule has 4 heteroatoms. The van der Waals surface area contributed by atoms with Gasteiger partial charge in [0, 0.05) is 38.3 Å². The summed E-state index contributed by atoms with van der Waals surface area (Å²) in [6, 6.07) is 22.6. The molecule has 0 saturated heterocycles. The van der Waals surface area contributed by atoms with Crippen LogP contribution in [0.1, 0.15) is 85.8 Å². The molecule has 1 aliphatic rings. The average Bonchev–Trinajstić information content (AvgIpc) is 3.50. The van der Waals surface area contributed by atoms with E-state index in [1.165, 1.54) is 12.0 Å². The summed E-state index contributed by atoms with van der Waals surface area (Å²) in [6.45, 7) is 12.5. The number of benzene rings is 2. The fourth-order valence-electron chi connectivity index (χ4n) is 4.37. The number of nitrogens with zero attached hydrogens (tertiary/aromatic N) is 2. The highest BCUT2D eigenvalue weighted by molar-refractivity contribution is 5.82. The molecule has 210 valence electrons. The van der Waals surface area contributed by atoms with Gasteiger partial charge >= 0.3 is 0 Å². The lowest BCUT2D eigenvalue weighted by Crippen LogP contribution is -2.35. The van der Waals surface area contributed by atoms with Crippen molar-refractivity contribution in [3.63, 3.8) is 0 Å². The Morgan fingerprint density at radius 1 is 0.974 bits per heavy atom. The molecule has 39 heavy (non-hydrogen) atoms. The smallest absolute Gasteiger partial charge is 0.228 e. The molecule has 1 aliphatic heterocycles. The molecule has 0 unspecified atom stereocenters. The van der Waals surface area contributed by atoms with Crippen LogP contribution in [0.4, 0.5) is 0 Å². The Balaban J connectivity index is 0.00000125. The van der Waals surface area contributed by atoms with E-state index in [1.54, 1.807) is 0 Å². The molecule has 2 atom stereocenters. The summed E-state index contributed by atoms with van der Waals surface area (Å²) in [5.74, 6) is -0.239. The van der Waals surface area contributed by atoms with Crippen LogP contribution in [0.15, 0.2) is 108 Å². The Bertz CT molecular complexity index is 1180. The third-order valence-corrected chi connectivity index (χ3v) is 6.44. The summed E-state index contributed by atoms with van der Waals surface area (Å²) in [5, 5.41) is 3.26. The molecule has 1 N–H and O–H groups in total. The average molecular weight is 528 g/mol. The van der Waals surface area contributed by atoms with E-state index in [9.17, 15) is 4.79 Å². The van der Waals surface area contributed by atoms with E-state index in [1.807, 2.05) is 75.9 Å². The van der Waals surface area contributed by atoms with Crippen molar-refractivity contribution >= 4 is 12.1 Å². The monoisotopic (exact) mass is 527 g/mol. The van der Waals surface area contributed by atoms with Crippen LogP contribution < -0.4 is 5.32 Å². The van der Waals surface area contributed by atoms with Crippen molar-refractivity contribution in [2.75, 3.05) is 0 Å². The lowest BCUT2D eigenvalue weighted by Gasteiger charge is -2.24. The van der Waals surface area contributed by atoms with E-state index >= 15 is 0 Å². The van der Waals surface area contributed by atoms with Gasteiger partial charge in [-0.1, -0.05) is 95.2 Å². The number of aliphatic imine (C=N–C) groups is 1. The normalized spacial score (nSPS) is 16.8. The molecule has 0 aliphatic carbocycles. The fourth-order valence-corrected chi connectivity index (χ4v) is 4.37. The van der Waals surface area contributed by atoms with Crippen LogP contribution in [0, 0.1) is 5.92 Å². The number of rotatable bonds is 8. The molecule has 0 fully saturated rings. The molecule has 0 saturated carbocycles. The van der Waals surface area contributed by atoms with E-state index in [0.717, 1.165) is 41.6 Å². The molecule has 0 radical (unpaired) electrons.